The molecule has 2 N–H and O–H groups in total. The van der Waals surface area contributed by atoms with Gasteiger partial charge in [-0.3, -0.25) is 9.79 Å². The van der Waals surface area contributed by atoms with Crippen LogP contribution in [0.5, 0.6) is 0 Å². The first-order chi connectivity index (χ1) is 13.0. The number of piperazine rings is 1. The first kappa shape index (κ1) is 19.5. The van der Waals surface area contributed by atoms with Crippen LogP contribution in [-0.2, 0) is 4.79 Å². The first-order valence-electron chi connectivity index (χ1n) is 9.86. The molecule has 1 aromatic carbocycles. The van der Waals surface area contributed by atoms with E-state index in [1.807, 2.05) is 4.90 Å². The Labute approximate surface area is 160 Å². The third-order valence-electron chi connectivity index (χ3n) is 5.40. The number of halogens is 1. The Morgan fingerprint density at radius 2 is 1.85 bits per heavy atom. The number of likely N-dealkylation sites (tertiary alicyclic amines) is 1. The van der Waals surface area contributed by atoms with E-state index >= 15 is 0 Å². The molecule has 1 amide bonds. The third-order valence-corrected chi connectivity index (χ3v) is 5.40. The van der Waals surface area contributed by atoms with Crippen LogP contribution < -0.4 is 10.6 Å². The lowest BCUT2D eigenvalue weighted by Gasteiger charge is -2.36. The zero-order valence-electron chi connectivity index (χ0n) is 16.1. The monoisotopic (exact) mass is 375 g/mol. The van der Waals surface area contributed by atoms with Gasteiger partial charge in [0.1, 0.15) is 5.82 Å². The number of benzene rings is 1. The van der Waals surface area contributed by atoms with E-state index in [-0.39, 0.29) is 11.7 Å². The normalized spacial score (nSPS) is 21.5. The van der Waals surface area contributed by atoms with Crippen LogP contribution >= 0.6 is 0 Å². The highest BCUT2D eigenvalue weighted by Crippen LogP contribution is 2.17. The summed E-state index contributed by atoms with van der Waals surface area (Å²) in [7, 11) is 0. The molecule has 1 aromatic rings. The number of nitrogens with zero attached hydrogens (tertiary/aromatic N) is 4. The van der Waals surface area contributed by atoms with E-state index in [4.69, 9.17) is 5.73 Å². The lowest BCUT2D eigenvalue weighted by atomic mass is 10.0. The van der Waals surface area contributed by atoms with Crippen LogP contribution in [0.2, 0.25) is 0 Å². The Hall–Kier alpha value is -2.31. The van der Waals surface area contributed by atoms with Gasteiger partial charge in [-0.15, -0.1) is 0 Å². The van der Waals surface area contributed by atoms with Crippen LogP contribution in [-0.4, -0.2) is 67.5 Å². The van der Waals surface area contributed by atoms with Crippen LogP contribution in [0.4, 0.5) is 10.1 Å². The van der Waals surface area contributed by atoms with E-state index in [1.54, 1.807) is 12.1 Å². The fourth-order valence-corrected chi connectivity index (χ4v) is 3.79. The van der Waals surface area contributed by atoms with Crippen molar-refractivity contribution in [1.82, 2.24) is 9.80 Å². The maximum Gasteiger partial charge on any atom is 0.224 e. The molecule has 0 radical (unpaired) electrons. The second-order valence-corrected chi connectivity index (χ2v) is 7.53. The van der Waals surface area contributed by atoms with Gasteiger partial charge in [0, 0.05) is 51.4 Å². The molecule has 2 fully saturated rings. The fraction of sp³-hybridized carbons (Fsp3) is 0.600. The van der Waals surface area contributed by atoms with Crippen molar-refractivity contribution in [2.45, 2.75) is 26.2 Å². The molecule has 0 aromatic heterocycles. The predicted octanol–water partition coefficient (Wildman–Crippen LogP) is 1.91. The van der Waals surface area contributed by atoms with Crippen molar-refractivity contribution >= 4 is 17.6 Å². The summed E-state index contributed by atoms with van der Waals surface area (Å²) in [6.45, 7) is 7.46. The summed E-state index contributed by atoms with van der Waals surface area (Å²) < 4.78 is 13.0. The van der Waals surface area contributed by atoms with E-state index in [2.05, 4.69) is 21.7 Å². The van der Waals surface area contributed by atoms with Gasteiger partial charge < -0.3 is 20.4 Å². The van der Waals surface area contributed by atoms with Crippen molar-refractivity contribution in [2.75, 3.05) is 50.7 Å². The summed E-state index contributed by atoms with van der Waals surface area (Å²) in [5.74, 6) is 1.10. The van der Waals surface area contributed by atoms with Crippen LogP contribution in [0, 0.1) is 11.7 Å². The average molecular weight is 375 g/mol. The van der Waals surface area contributed by atoms with Gasteiger partial charge in [-0.1, -0.05) is 6.92 Å². The quantitative estimate of drug-likeness (QED) is 0.645. The van der Waals surface area contributed by atoms with E-state index in [9.17, 15) is 9.18 Å². The van der Waals surface area contributed by atoms with Crippen LogP contribution in [0.15, 0.2) is 29.3 Å². The number of anilines is 1. The Balaban J connectivity index is 1.41. The summed E-state index contributed by atoms with van der Waals surface area (Å²) in [5.41, 5.74) is 7.08. The highest BCUT2D eigenvalue weighted by Gasteiger charge is 2.21. The van der Waals surface area contributed by atoms with Crippen LogP contribution in [0.1, 0.15) is 26.2 Å². The van der Waals surface area contributed by atoms with Gasteiger partial charge in [0.25, 0.3) is 0 Å². The minimum atomic E-state index is -0.230. The number of piperidine rings is 1. The number of aliphatic imine (C=N–C) groups is 1. The molecular weight excluding hydrogens is 345 g/mol. The Morgan fingerprint density at radius 3 is 2.52 bits per heavy atom. The van der Waals surface area contributed by atoms with Gasteiger partial charge >= 0.3 is 0 Å². The summed E-state index contributed by atoms with van der Waals surface area (Å²) in [4.78, 5) is 23.0. The number of amides is 1. The van der Waals surface area contributed by atoms with Crippen molar-refractivity contribution in [3.05, 3.63) is 30.1 Å². The summed E-state index contributed by atoms with van der Waals surface area (Å²) in [6.07, 6.45) is 2.78. The number of hydrogen-bond acceptors (Lipinski definition) is 3. The molecule has 2 aliphatic rings. The van der Waals surface area contributed by atoms with Crippen molar-refractivity contribution in [3.63, 3.8) is 0 Å². The molecular formula is C20H30FN5O. The molecule has 0 aliphatic carbocycles. The lowest BCUT2D eigenvalue weighted by Crippen LogP contribution is -2.49. The SMILES string of the molecule is CC1CCCN(C(N)=NCCC(=O)N2CCN(c3ccc(F)cc3)CC2)C1. The van der Waals surface area contributed by atoms with Gasteiger partial charge in [0.05, 0.1) is 6.54 Å². The number of hydrogen-bond donors (Lipinski definition) is 1. The zero-order chi connectivity index (χ0) is 19.2. The molecule has 1 atom stereocenters. The summed E-state index contributed by atoms with van der Waals surface area (Å²) >= 11 is 0. The molecule has 148 valence electrons. The second kappa shape index (κ2) is 9.06. The maximum absolute atomic E-state index is 13.0. The van der Waals surface area contributed by atoms with Crippen molar-refractivity contribution in [2.24, 2.45) is 16.6 Å². The number of carbonyl (C=O) groups is 1. The zero-order valence-corrected chi connectivity index (χ0v) is 16.1. The summed E-state index contributed by atoms with van der Waals surface area (Å²) in [6, 6.07) is 6.51. The molecule has 27 heavy (non-hydrogen) atoms. The van der Waals surface area contributed by atoms with Crippen molar-refractivity contribution < 1.29 is 9.18 Å². The summed E-state index contributed by atoms with van der Waals surface area (Å²) in [5, 5.41) is 0. The first-order valence-corrected chi connectivity index (χ1v) is 9.86. The topological polar surface area (TPSA) is 65.2 Å². The maximum atomic E-state index is 13.0. The number of guanidine groups is 1. The van der Waals surface area contributed by atoms with Crippen molar-refractivity contribution in [1.29, 1.82) is 0 Å². The minimum Gasteiger partial charge on any atom is -0.370 e. The molecule has 7 heteroatoms. The molecule has 2 heterocycles. The van der Waals surface area contributed by atoms with Gasteiger partial charge in [0.2, 0.25) is 5.91 Å². The van der Waals surface area contributed by atoms with Crippen LogP contribution in [0.25, 0.3) is 0 Å². The Morgan fingerprint density at radius 1 is 1.15 bits per heavy atom. The van der Waals surface area contributed by atoms with E-state index < -0.39 is 0 Å². The highest BCUT2D eigenvalue weighted by molar-refractivity contribution is 5.80. The van der Waals surface area contributed by atoms with E-state index in [0.717, 1.165) is 38.3 Å². The Kier molecular flexibility index (Phi) is 6.53. The van der Waals surface area contributed by atoms with Gasteiger partial charge in [-0.25, -0.2) is 4.39 Å². The van der Waals surface area contributed by atoms with Gasteiger partial charge in [0.15, 0.2) is 5.96 Å². The molecule has 2 aliphatic heterocycles. The molecule has 3 rings (SSSR count). The largest absolute Gasteiger partial charge is 0.370 e. The van der Waals surface area contributed by atoms with Crippen LogP contribution in [0.3, 0.4) is 0 Å². The van der Waals surface area contributed by atoms with Gasteiger partial charge in [-0.2, -0.15) is 0 Å². The fourth-order valence-electron chi connectivity index (χ4n) is 3.79. The Bertz CT molecular complexity index is 655. The average Bonchev–Trinajstić information content (AvgIpc) is 2.68. The number of nitrogens with two attached hydrogens (primary N) is 1. The smallest absolute Gasteiger partial charge is 0.224 e. The van der Waals surface area contributed by atoms with Gasteiger partial charge in [-0.05, 0) is 43.0 Å². The van der Waals surface area contributed by atoms with E-state index in [1.165, 1.54) is 18.6 Å². The minimum absolute atomic E-state index is 0.123. The second-order valence-electron chi connectivity index (χ2n) is 7.53. The predicted molar refractivity (Wildman–Crippen MR) is 106 cm³/mol. The molecule has 0 bridgehead atoms. The number of carbonyl (C=O) groups excluding carboxylic acids is 1. The molecule has 2 saturated heterocycles. The molecule has 0 saturated carbocycles. The third kappa shape index (κ3) is 5.34. The highest BCUT2D eigenvalue weighted by atomic mass is 19.1. The van der Waals surface area contributed by atoms with Crippen molar-refractivity contribution in [3.8, 4) is 0 Å². The standard InChI is InChI=1S/C20H30FN5O/c1-16-3-2-10-26(15-16)20(22)23-9-8-19(27)25-13-11-24(12-14-25)18-6-4-17(21)5-7-18/h4-7,16H,2-3,8-15H2,1H3,(H2,22,23). The lowest BCUT2D eigenvalue weighted by molar-refractivity contribution is -0.131. The molecule has 6 nitrogen and oxygen atoms in total. The molecule has 1 unspecified atom stereocenters. The van der Waals surface area contributed by atoms with E-state index in [0.29, 0.717) is 37.9 Å². The number of rotatable bonds is 4. The molecule has 0 spiro atoms.